The summed E-state index contributed by atoms with van der Waals surface area (Å²) in [7, 11) is 1.63. The van der Waals surface area contributed by atoms with Gasteiger partial charge in [-0.3, -0.25) is 4.79 Å². The Morgan fingerprint density at radius 3 is 2.71 bits per heavy atom. The molecule has 0 N–H and O–H groups in total. The number of unbranched alkanes of at least 4 members (excludes halogenated alkanes) is 3. The largest absolute Gasteiger partial charge is 0.373 e. The minimum atomic E-state index is -0.286. The third kappa shape index (κ3) is 4.12. The van der Waals surface area contributed by atoms with Crippen LogP contribution in [0.15, 0.2) is 23.8 Å². The van der Waals surface area contributed by atoms with Crippen LogP contribution < -0.4 is 0 Å². The van der Waals surface area contributed by atoms with Crippen LogP contribution in [0.3, 0.4) is 0 Å². The molecule has 17 heavy (non-hydrogen) atoms. The van der Waals surface area contributed by atoms with E-state index < -0.39 is 0 Å². The lowest BCUT2D eigenvalue weighted by atomic mass is 9.92. The predicted molar refractivity (Wildman–Crippen MR) is 71.0 cm³/mol. The van der Waals surface area contributed by atoms with Crippen molar-refractivity contribution in [2.75, 3.05) is 7.11 Å². The second kappa shape index (κ2) is 7.44. The monoisotopic (exact) mass is 236 g/mol. The van der Waals surface area contributed by atoms with E-state index in [1.54, 1.807) is 7.11 Å². The van der Waals surface area contributed by atoms with E-state index >= 15 is 0 Å². The molecule has 0 aromatic rings. The van der Waals surface area contributed by atoms with Gasteiger partial charge in [0.25, 0.3) is 0 Å². The fourth-order valence-corrected chi connectivity index (χ4v) is 2.28. The van der Waals surface area contributed by atoms with Crippen molar-refractivity contribution in [3.63, 3.8) is 0 Å². The average molecular weight is 236 g/mol. The first-order valence-corrected chi connectivity index (χ1v) is 6.61. The Balaban J connectivity index is 2.42. The summed E-state index contributed by atoms with van der Waals surface area (Å²) in [5.41, 5.74) is 1.22. The van der Waals surface area contributed by atoms with Gasteiger partial charge in [-0.15, -0.1) is 0 Å². The predicted octanol–water partition coefficient (Wildman–Crippen LogP) is 3.67. The van der Waals surface area contributed by atoms with Gasteiger partial charge in [0, 0.05) is 19.4 Å². The summed E-state index contributed by atoms with van der Waals surface area (Å²) in [5.74, 6) is 0.395. The van der Waals surface area contributed by atoms with Crippen LogP contribution in [0.25, 0.3) is 0 Å². The van der Waals surface area contributed by atoms with E-state index in [0.717, 1.165) is 12.8 Å². The average Bonchev–Trinajstić information content (AvgIpc) is 2.72. The number of carbonyl (C=O) groups excluding carboxylic acids is 1. The van der Waals surface area contributed by atoms with Gasteiger partial charge in [0.1, 0.15) is 6.10 Å². The van der Waals surface area contributed by atoms with Crippen molar-refractivity contribution in [1.29, 1.82) is 0 Å². The lowest BCUT2D eigenvalue weighted by Gasteiger charge is -2.21. The molecule has 1 aliphatic rings. The maximum absolute atomic E-state index is 12.1. The molecule has 0 aromatic heterocycles. The first-order valence-electron chi connectivity index (χ1n) is 6.61. The summed E-state index contributed by atoms with van der Waals surface area (Å²) < 4.78 is 5.38. The molecule has 0 bridgehead atoms. The molecule has 2 heteroatoms. The molecule has 0 aromatic carbocycles. The molecular weight excluding hydrogens is 212 g/mol. The van der Waals surface area contributed by atoms with E-state index in [0.29, 0.717) is 6.42 Å². The second-order valence-electron chi connectivity index (χ2n) is 4.75. The number of hydrogen-bond acceptors (Lipinski definition) is 2. The van der Waals surface area contributed by atoms with Gasteiger partial charge in [-0.25, -0.2) is 0 Å². The SMILES string of the molecule is CCCCCCC(=O)C(OC)C1C=CC=C1C. The fourth-order valence-electron chi connectivity index (χ4n) is 2.28. The maximum Gasteiger partial charge on any atom is 0.162 e. The Kier molecular flexibility index (Phi) is 6.20. The standard InChI is InChI=1S/C15H24O2/c1-4-5-6-7-11-14(16)15(17-3)13-10-8-9-12(13)2/h8-10,13,15H,4-7,11H2,1-3H3. The highest BCUT2D eigenvalue weighted by molar-refractivity contribution is 5.84. The Bertz CT molecular complexity index is 302. The number of hydrogen-bond donors (Lipinski definition) is 0. The maximum atomic E-state index is 12.1. The number of carbonyl (C=O) groups is 1. The summed E-state index contributed by atoms with van der Waals surface area (Å²) in [6, 6.07) is 0. The molecule has 0 saturated carbocycles. The van der Waals surface area contributed by atoms with Gasteiger partial charge in [-0.1, -0.05) is 50.0 Å². The molecule has 96 valence electrons. The zero-order chi connectivity index (χ0) is 12.7. The van der Waals surface area contributed by atoms with E-state index in [-0.39, 0.29) is 17.8 Å². The normalized spacial score (nSPS) is 20.4. The number of ether oxygens (including phenoxy) is 1. The molecule has 0 aliphatic heterocycles. The molecule has 0 amide bonds. The van der Waals surface area contributed by atoms with Gasteiger partial charge >= 0.3 is 0 Å². The minimum absolute atomic E-state index is 0.152. The lowest BCUT2D eigenvalue weighted by Crippen LogP contribution is -2.30. The third-order valence-electron chi connectivity index (χ3n) is 3.38. The van der Waals surface area contributed by atoms with Crippen LogP contribution in [-0.2, 0) is 9.53 Å². The number of allylic oxidation sites excluding steroid dienone is 2. The molecule has 2 atom stereocenters. The van der Waals surface area contributed by atoms with E-state index in [1.165, 1.54) is 18.4 Å². The van der Waals surface area contributed by atoms with Crippen LogP contribution in [0.5, 0.6) is 0 Å². The zero-order valence-corrected chi connectivity index (χ0v) is 11.2. The highest BCUT2D eigenvalue weighted by Crippen LogP contribution is 2.25. The molecule has 0 heterocycles. The molecule has 1 aliphatic carbocycles. The molecule has 1 rings (SSSR count). The van der Waals surface area contributed by atoms with Crippen LogP contribution in [0, 0.1) is 5.92 Å². The van der Waals surface area contributed by atoms with Crippen LogP contribution in [0.2, 0.25) is 0 Å². The van der Waals surface area contributed by atoms with Crippen molar-refractivity contribution in [3.05, 3.63) is 23.8 Å². The van der Waals surface area contributed by atoms with Gasteiger partial charge < -0.3 is 4.74 Å². The highest BCUT2D eigenvalue weighted by Gasteiger charge is 2.28. The summed E-state index contributed by atoms with van der Waals surface area (Å²) in [6.45, 7) is 4.23. The Hall–Kier alpha value is -0.890. The van der Waals surface area contributed by atoms with Crippen molar-refractivity contribution in [2.24, 2.45) is 5.92 Å². The van der Waals surface area contributed by atoms with Crippen LogP contribution in [0.1, 0.15) is 46.0 Å². The van der Waals surface area contributed by atoms with E-state index in [1.807, 2.05) is 6.08 Å². The molecule has 0 saturated heterocycles. The number of rotatable bonds is 8. The Morgan fingerprint density at radius 2 is 2.18 bits per heavy atom. The van der Waals surface area contributed by atoms with Crippen molar-refractivity contribution < 1.29 is 9.53 Å². The van der Waals surface area contributed by atoms with Gasteiger partial charge in [0.05, 0.1) is 0 Å². The molecule has 2 nitrogen and oxygen atoms in total. The van der Waals surface area contributed by atoms with Crippen molar-refractivity contribution >= 4 is 5.78 Å². The molecule has 0 fully saturated rings. The molecular formula is C15H24O2. The summed E-state index contributed by atoms with van der Waals surface area (Å²) in [6.07, 6.45) is 11.1. The third-order valence-corrected chi connectivity index (χ3v) is 3.38. The smallest absolute Gasteiger partial charge is 0.162 e. The summed E-state index contributed by atoms with van der Waals surface area (Å²) >= 11 is 0. The Labute approximate surface area is 105 Å². The molecule has 0 spiro atoms. The van der Waals surface area contributed by atoms with Gasteiger partial charge in [0.2, 0.25) is 0 Å². The van der Waals surface area contributed by atoms with Gasteiger partial charge in [-0.2, -0.15) is 0 Å². The quantitative estimate of drug-likeness (QED) is 0.601. The van der Waals surface area contributed by atoms with E-state index in [4.69, 9.17) is 4.74 Å². The topological polar surface area (TPSA) is 26.3 Å². The van der Waals surface area contributed by atoms with Crippen molar-refractivity contribution in [2.45, 2.75) is 52.1 Å². The zero-order valence-electron chi connectivity index (χ0n) is 11.2. The number of ketones is 1. The summed E-state index contributed by atoms with van der Waals surface area (Å²) in [5, 5.41) is 0. The fraction of sp³-hybridized carbons (Fsp3) is 0.667. The van der Waals surface area contributed by atoms with Crippen molar-refractivity contribution in [1.82, 2.24) is 0 Å². The van der Waals surface area contributed by atoms with E-state index in [2.05, 4.69) is 26.0 Å². The van der Waals surface area contributed by atoms with E-state index in [9.17, 15) is 4.79 Å². The van der Waals surface area contributed by atoms with Gasteiger partial charge in [-0.05, 0) is 13.3 Å². The highest BCUT2D eigenvalue weighted by atomic mass is 16.5. The lowest BCUT2D eigenvalue weighted by molar-refractivity contribution is -0.130. The molecule has 0 radical (unpaired) electrons. The number of methoxy groups -OCH3 is 1. The first kappa shape index (κ1) is 14.2. The van der Waals surface area contributed by atoms with Crippen LogP contribution >= 0.6 is 0 Å². The van der Waals surface area contributed by atoms with Gasteiger partial charge in [0.15, 0.2) is 5.78 Å². The molecule has 2 unspecified atom stereocenters. The first-order chi connectivity index (χ1) is 8.20. The second-order valence-corrected chi connectivity index (χ2v) is 4.75. The minimum Gasteiger partial charge on any atom is -0.373 e. The number of Topliss-reactive ketones (excluding diaryl/α,β-unsaturated/α-hetero) is 1. The Morgan fingerprint density at radius 1 is 1.41 bits per heavy atom. The summed E-state index contributed by atoms with van der Waals surface area (Å²) in [4.78, 5) is 12.1. The van der Waals surface area contributed by atoms with Crippen LogP contribution in [-0.4, -0.2) is 19.0 Å². The van der Waals surface area contributed by atoms with Crippen molar-refractivity contribution in [3.8, 4) is 0 Å². The van der Waals surface area contributed by atoms with Crippen LogP contribution in [0.4, 0.5) is 0 Å².